The average molecular weight is 471 g/mol. The van der Waals surface area contributed by atoms with Crippen LogP contribution in [0.4, 0.5) is 10.7 Å². The van der Waals surface area contributed by atoms with E-state index in [1.54, 1.807) is 36.4 Å². The van der Waals surface area contributed by atoms with E-state index >= 15 is 0 Å². The number of likely N-dealkylation sites (N-methyl/N-ethyl adjacent to an activating group) is 1. The number of benzene rings is 2. The summed E-state index contributed by atoms with van der Waals surface area (Å²) in [6.07, 6.45) is 0.688. The SMILES string of the molecule is CN1CCc2c(sc(NC(=O)c3cccc(NS(=O)(=O)c4ccccc4)c3)c2C(N)=O)C1. The van der Waals surface area contributed by atoms with Gasteiger partial charge in [0.1, 0.15) is 5.00 Å². The van der Waals surface area contributed by atoms with Crippen molar-refractivity contribution in [2.75, 3.05) is 23.6 Å². The number of sulfonamides is 1. The van der Waals surface area contributed by atoms with E-state index in [2.05, 4.69) is 14.9 Å². The van der Waals surface area contributed by atoms with Crippen LogP contribution in [-0.2, 0) is 23.0 Å². The van der Waals surface area contributed by atoms with E-state index in [4.69, 9.17) is 5.73 Å². The van der Waals surface area contributed by atoms with Gasteiger partial charge in [-0.3, -0.25) is 14.3 Å². The van der Waals surface area contributed by atoms with Crippen molar-refractivity contribution in [2.45, 2.75) is 17.9 Å². The Labute approximate surface area is 190 Å². The fourth-order valence-electron chi connectivity index (χ4n) is 3.59. The Balaban J connectivity index is 1.57. The molecule has 0 saturated carbocycles. The summed E-state index contributed by atoms with van der Waals surface area (Å²) in [6, 6.07) is 14.1. The first-order valence-corrected chi connectivity index (χ1v) is 12.2. The molecule has 0 bridgehead atoms. The molecule has 0 unspecified atom stereocenters. The largest absolute Gasteiger partial charge is 0.365 e. The number of rotatable bonds is 6. The van der Waals surface area contributed by atoms with Gasteiger partial charge < -0.3 is 16.0 Å². The average Bonchev–Trinajstić information content (AvgIpc) is 3.11. The Bertz CT molecular complexity index is 1290. The van der Waals surface area contributed by atoms with Gasteiger partial charge in [-0.15, -0.1) is 11.3 Å². The van der Waals surface area contributed by atoms with Crippen LogP contribution in [0.2, 0.25) is 0 Å². The minimum atomic E-state index is -3.79. The van der Waals surface area contributed by atoms with Crippen LogP contribution in [0, 0.1) is 0 Å². The van der Waals surface area contributed by atoms with Gasteiger partial charge in [-0.25, -0.2) is 8.42 Å². The maximum atomic E-state index is 12.9. The number of thiophene rings is 1. The number of hydrogen-bond donors (Lipinski definition) is 3. The number of nitrogens with one attached hydrogen (secondary N) is 2. The van der Waals surface area contributed by atoms with Crippen LogP contribution in [0.25, 0.3) is 0 Å². The molecule has 32 heavy (non-hydrogen) atoms. The third-order valence-corrected chi connectivity index (χ3v) is 7.68. The first-order chi connectivity index (χ1) is 15.2. The normalized spacial score (nSPS) is 13.9. The van der Waals surface area contributed by atoms with Gasteiger partial charge in [0.25, 0.3) is 21.8 Å². The Kier molecular flexibility index (Phi) is 6.00. The van der Waals surface area contributed by atoms with Crippen LogP contribution in [0.15, 0.2) is 59.5 Å². The second-order valence-electron chi connectivity index (χ2n) is 7.51. The molecule has 4 rings (SSSR count). The van der Waals surface area contributed by atoms with Crippen molar-refractivity contribution < 1.29 is 18.0 Å². The summed E-state index contributed by atoms with van der Waals surface area (Å²) < 4.78 is 27.6. The number of nitrogens with zero attached hydrogens (tertiary/aromatic N) is 1. The molecule has 10 heteroatoms. The topological polar surface area (TPSA) is 122 Å². The zero-order valence-electron chi connectivity index (χ0n) is 17.3. The lowest BCUT2D eigenvalue weighted by Gasteiger charge is -2.22. The Morgan fingerprint density at radius 3 is 2.56 bits per heavy atom. The van der Waals surface area contributed by atoms with Gasteiger partial charge in [0.15, 0.2) is 0 Å². The maximum Gasteiger partial charge on any atom is 0.261 e. The number of carbonyl (C=O) groups excluding carboxylic acids is 2. The smallest absolute Gasteiger partial charge is 0.261 e. The monoisotopic (exact) mass is 470 g/mol. The molecule has 0 radical (unpaired) electrons. The molecule has 8 nitrogen and oxygen atoms in total. The molecule has 0 fully saturated rings. The van der Waals surface area contributed by atoms with Crippen molar-refractivity contribution in [3.63, 3.8) is 0 Å². The predicted molar refractivity (Wildman–Crippen MR) is 125 cm³/mol. The second-order valence-corrected chi connectivity index (χ2v) is 10.3. The molecule has 0 spiro atoms. The fraction of sp³-hybridized carbons (Fsp3) is 0.182. The first-order valence-electron chi connectivity index (χ1n) is 9.87. The number of carbonyl (C=O) groups is 2. The van der Waals surface area contributed by atoms with Crippen LogP contribution < -0.4 is 15.8 Å². The number of fused-ring (bicyclic) bond motifs is 1. The van der Waals surface area contributed by atoms with Crippen molar-refractivity contribution in [3.05, 3.63) is 76.2 Å². The molecule has 0 atom stereocenters. The lowest BCUT2D eigenvalue weighted by atomic mass is 10.0. The van der Waals surface area contributed by atoms with Gasteiger partial charge in [-0.05, 0) is 49.4 Å². The Morgan fingerprint density at radius 1 is 1.09 bits per heavy atom. The molecule has 2 amide bonds. The minimum Gasteiger partial charge on any atom is -0.365 e. The molecule has 1 aromatic heterocycles. The third-order valence-electron chi connectivity index (χ3n) is 5.15. The van der Waals surface area contributed by atoms with Crippen molar-refractivity contribution in [1.82, 2.24) is 4.90 Å². The molecule has 1 aliphatic rings. The van der Waals surface area contributed by atoms with Gasteiger partial charge in [-0.1, -0.05) is 24.3 Å². The van der Waals surface area contributed by atoms with E-state index in [1.165, 1.54) is 29.5 Å². The summed E-state index contributed by atoms with van der Waals surface area (Å²) in [6.45, 7) is 1.49. The fourth-order valence-corrected chi connectivity index (χ4v) is 5.99. The maximum absolute atomic E-state index is 12.9. The number of hydrogen-bond acceptors (Lipinski definition) is 6. The first kappa shape index (κ1) is 22.0. The van der Waals surface area contributed by atoms with Crippen LogP contribution >= 0.6 is 11.3 Å². The quantitative estimate of drug-likeness (QED) is 0.511. The Hall–Kier alpha value is -3.21. The summed E-state index contributed by atoms with van der Waals surface area (Å²) in [5, 5.41) is 3.20. The van der Waals surface area contributed by atoms with Gasteiger partial charge in [0.2, 0.25) is 0 Å². The molecule has 3 aromatic rings. The van der Waals surface area contributed by atoms with Gasteiger partial charge in [-0.2, -0.15) is 0 Å². The highest BCUT2D eigenvalue weighted by Crippen LogP contribution is 2.37. The van der Waals surface area contributed by atoms with Crippen molar-refractivity contribution in [2.24, 2.45) is 5.73 Å². The predicted octanol–water partition coefficient (Wildman–Crippen LogP) is 2.89. The lowest BCUT2D eigenvalue weighted by Crippen LogP contribution is -2.27. The van der Waals surface area contributed by atoms with E-state index < -0.39 is 21.8 Å². The van der Waals surface area contributed by atoms with E-state index in [9.17, 15) is 18.0 Å². The standard InChI is InChI=1S/C22H22N4O4S2/c1-26-11-10-17-18(13-26)31-22(19(17)20(23)27)24-21(28)14-6-5-7-15(12-14)25-32(29,30)16-8-3-2-4-9-16/h2-9,12,25H,10-11,13H2,1H3,(H2,23,27)(H,24,28). The molecular weight excluding hydrogens is 448 g/mol. The number of anilines is 2. The molecular formula is C22H22N4O4S2. The van der Waals surface area contributed by atoms with Crippen molar-refractivity contribution in [1.29, 1.82) is 0 Å². The van der Waals surface area contributed by atoms with Crippen LogP contribution in [-0.4, -0.2) is 38.7 Å². The number of amides is 2. The van der Waals surface area contributed by atoms with E-state index in [1.807, 2.05) is 7.05 Å². The summed E-state index contributed by atoms with van der Waals surface area (Å²) in [7, 11) is -1.79. The van der Waals surface area contributed by atoms with Crippen LogP contribution in [0.1, 0.15) is 31.2 Å². The Morgan fingerprint density at radius 2 is 1.84 bits per heavy atom. The second kappa shape index (κ2) is 8.73. The summed E-state index contributed by atoms with van der Waals surface area (Å²) in [5.41, 5.74) is 7.35. The summed E-state index contributed by atoms with van der Waals surface area (Å²) in [4.78, 5) is 28.3. The highest BCUT2D eigenvalue weighted by atomic mass is 32.2. The van der Waals surface area contributed by atoms with Gasteiger partial charge in [0.05, 0.1) is 10.5 Å². The zero-order valence-corrected chi connectivity index (χ0v) is 18.9. The molecule has 1 aliphatic heterocycles. The number of primary amides is 1. The zero-order chi connectivity index (χ0) is 22.9. The molecule has 0 saturated heterocycles. The number of nitrogens with two attached hydrogens (primary N) is 1. The summed E-state index contributed by atoms with van der Waals surface area (Å²) >= 11 is 1.34. The third kappa shape index (κ3) is 4.52. The van der Waals surface area contributed by atoms with Gasteiger partial charge in [0, 0.05) is 29.2 Å². The molecule has 166 valence electrons. The summed E-state index contributed by atoms with van der Waals surface area (Å²) in [5.74, 6) is -1.04. The van der Waals surface area contributed by atoms with Crippen LogP contribution in [0.3, 0.4) is 0 Å². The molecule has 0 aliphatic carbocycles. The van der Waals surface area contributed by atoms with Crippen molar-refractivity contribution >= 4 is 43.9 Å². The van der Waals surface area contributed by atoms with Crippen LogP contribution in [0.5, 0.6) is 0 Å². The molecule has 2 heterocycles. The molecule has 4 N–H and O–H groups in total. The highest BCUT2D eigenvalue weighted by Gasteiger charge is 2.27. The highest BCUT2D eigenvalue weighted by molar-refractivity contribution is 7.92. The lowest BCUT2D eigenvalue weighted by molar-refractivity contribution is 0.1000. The van der Waals surface area contributed by atoms with E-state index in [0.717, 1.165) is 17.0 Å². The van der Waals surface area contributed by atoms with Crippen molar-refractivity contribution in [3.8, 4) is 0 Å². The molecule has 2 aromatic carbocycles. The van der Waals surface area contributed by atoms with E-state index in [-0.39, 0.29) is 16.1 Å². The van der Waals surface area contributed by atoms with Gasteiger partial charge >= 0.3 is 0 Å². The van der Waals surface area contributed by atoms with E-state index in [0.29, 0.717) is 23.5 Å². The minimum absolute atomic E-state index is 0.120.